The number of carbonyl (C=O) groups is 1. The molecule has 0 N–H and O–H groups in total. The Hall–Kier alpha value is -1.37. The summed E-state index contributed by atoms with van der Waals surface area (Å²) in [4.78, 5) is 24.6. The molecule has 0 saturated carbocycles. The first-order chi connectivity index (χ1) is 10.2. The number of piperidine rings is 1. The Kier molecular flexibility index (Phi) is 4.57. The summed E-state index contributed by atoms with van der Waals surface area (Å²) < 4.78 is 12.9. The van der Waals surface area contributed by atoms with Crippen LogP contribution in [0.3, 0.4) is 0 Å². The second kappa shape index (κ2) is 6.60. The Morgan fingerprint density at radius 1 is 1.24 bits per heavy atom. The van der Waals surface area contributed by atoms with Crippen molar-refractivity contribution < 1.29 is 9.18 Å². The lowest BCUT2D eigenvalue weighted by molar-refractivity contribution is -0.135. The van der Waals surface area contributed by atoms with Crippen LogP contribution >= 0.6 is 11.8 Å². The third-order valence-electron chi connectivity index (χ3n) is 3.98. The normalized spacial score (nSPS) is 23.2. The van der Waals surface area contributed by atoms with Crippen LogP contribution in [0.4, 0.5) is 10.3 Å². The van der Waals surface area contributed by atoms with Crippen molar-refractivity contribution in [2.75, 3.05) is 42.6 Å². The summed E-state index contributed by atoms with van der Waals surface area (Å²) in [6, 6.07) is 0. The highest BCUT2D eigenvalue weighted by Gasteiger charge is 2.30. The van der Waals surface area contributed by atoms with Gasteiger partial charge in [0.05, 0.1) is 18.3 Å². The van der Waals surface area contributed by atoms with Crippen LogP contribution in [0.5, 0.6) is 0 Å². The molecule has 0 bridgehead atoms. The Morgan fingerprint density at radius 2 is 1.95 bits per heavy atom. The predicted octanol–water partition coefficient (Wildman–Crippen LogP) is 1.41. The minimum absolute atomic E-state index is 0.00973. The fourth-order valence-electron chi connectivity index (χ4n) is 2.87. The molecule has 0 spiro atoms. The average Bonchev–Trinajstić information content (AvgIpc) is 2.56. The second-order valence-corrected chi connectivity index (χ2v) is 6.65. The molecule has 3 heterocycles. The van der Waals surface area contributed by atoms with E-state index < -0.39 is 5.82 Å². The maximum Gasteiger partial charge on any atom is 0.227 e. The van der Waals surface area contributed by atoms with Crippen LogP contribution in [0.15, 0.2) is 12.4 Å². The van der Waals surface area contributed by atoms with Gasteiger partial charge in [-0.05, 0) is 12.8 Å². The number of halogens is 1. The highest BCUT2D eigenvalue weighted by atomic mass is 32.2. The lowest BCUT2D eigenvalue weighted by atomic mass is 9.96. The van der Waals surface area contributed by atoms with E-state index in [0.29, 0.717) is 12.5 Å². The molecule has 114 valence electrons. The molecule has 5 nitrogen and oxygen atoms in total. The summed E-state index contributed by atoms with van der Waals surface area (Å²) in [5, 5.41) is 0. The number of aromatic nitrogens is 2. The zero-order valence-corrected chi connectivity index (χ0v) is 12.7. The largest absolute Gasteiger partial charge is 0.341 e. The first-order valence-corrected chi connectivity index (χ1v) is 8.48. The highest BCUT2D eigenvalue weighted by molar-refractivity contribution is 7.99. The molecule has 1 unspecified atom stereocenters. The van der Waals surface area contributed by atoms with Gasteiger partial charge in [-0.3, -0.25) is 4.79 Å². The molecule has 1 aromatic rings. The third kappa shape index (κ3) is 3.45. The molecule has 0 radical (unpaired) electrons. The predicted molar refractivity (Wildman–Crippen MR) is 80.8 cm³/mol. The van der Waals surface area contributed by atoms with Gasteiger partial charge in [-0.1, -0.05) is 0 Å². The average molecular weight is 310 g/mol. The number of rotatable bonds is 2. The smallest absolute Gasteiger partial charge is 0.227 e. The lowest BCUT2D eigenvalue weighted by Gasteiger charge is -2.36. The molecular formula is C14H19FN4OS. The summed E-state index contributed by atoms with van der Waals surface area (Å²) in [7, 11) is 0. The number of hydrogen-bond donors (Lipinski definition) is 0. The number of hydrogen-bond acceptors (Lipinski definition) is 5. The number of thioether (sulfide) groups is 1. The van der Waals surface area contributed by atoms with Crippen LogP contribution in [0, 0.1) is 11.7 Å². The van der Waals surface area contributed by atoms with E-state index in [-0.39, 0.29) is 11.8 Å². The zero-order chi connectivity index (χ0) is 14.7. The molecule has 7 heteroatoms. The van der Waals surface area contributed by atoms with Gasteiger partial charge in [0.2, 0.25) is 11.9 Å². The monoisotopic (exact) mass is 310 g/mol. The molecular weight excluding hydrogens is 291 g/mol. The highest BCUT2D eigenvalue weighted by Crippen LogP contribution is 2.23. The molecule has 2 aliphatic rings. The van der Waals surface area contributed by atoms with E-state index >= 15 is 0 Å². The quantitative estimate of drug-likeness (QED) is 0.826. The molecule has 3 rings (SSSR count). The van der Waals surface area contributed by atoms with Crippen LogP contribution in [-0.4, -0.2) is 58.5 Å². The molecule has 21 heavy (non-hydrogen) atoms. The molecule has 1 atom stereocenters. The van der Waals surface area contributed by atoms with Crippen molar-refractivity contribution in [1.29, 1.82) is 0 Å². The van der Waals surface area contributed by atoms with E-state index in [2.05, 4.69) is 9.97 Å². The van der Waals surface area contributed by atoms with Gasteiger partial charge >= 0.3 is 0 Å². The summed E-state index contributed by atoms with van der Waals surface area (Å²) in [5.41, 5.74) is 0. The van der Waals surface area contributed by atoms with Gasteiger partial charge in [0.25, 0.3) is 0 Å². The van der Waals surface area contributed by atoms with Gasteiger partial charge in [-0.25, -0.2) is 14.4 Å². The molecule has 0 aromatic carbocycles. The fourth-order valence-corrected chi connectivity index (χ4v) is 3.77. The zero-order valence-electron chi connectivity index (χ0n) is 11.9. The van der Waals surface area contributed by atoms with Crippen molar-refractivity contribution in [2.24, 2.45) is 5.92 Å². The van der Waals surface area contributed by atoms with Gasteiger partial charge in [-0.2, -0.15) is 11.8 Å². The molecule has 0 aliphatic carbocycles. The number of amides is 1. The molecule has 2 saturated heterocycles. The Morgan fingerprint density at radius 3 is 2.67 bits per heavy atom. The fraction of sp³-hybridized carbons (Fsp3) is 0.643. The minimum atomic E-state index is -0.436. The van der Waals surface area contributed by atoms with Crippen LogP contribution in [-0.2, 0) is 4.79 Å². The van der Waals surface area contributed by atoms with E-state index in [1.165, 1.54) is 12.4 Å². The Balaban J connectivity index is 1.64. The minimum Gasteiger partial charge on any atom is -0.341 e. The molecule has 2 aliphatic heterocycles. The van der Waals surface area contributed by atoms with Crippen molar-refractivity contribution >= 4 is 23.6 Å². The summed E-state index contributed by atoms with van der Waals surface area (Å²) in [6.45, 7) is 3.17. The molecule has 1 amide bonds. The van der Waals surface area contributed by atoms with Crippen molar-refractivity contribution in [3.05, 3.63) is 18.2 Å². The summed E-state index contributed by atoms with van der Waals surface area (Å²) >= 11 is 1.90. The van der Waals surface area contributed by atoms with Gasteiger partial charge < -0.3 is 9.80 Å². The van der Waals surface area contributed by atoms with E-state index in [9.17, 15) is 9.18 Å². The van der Waals surface area contributed by atoms with Crippen LogP contribution in [0.2, 0.25) is 0 Å². The maximum absolute atomic E-state index is 12.9. The van der Waals surface area contributed by atoms with Crippen molar-refractivity contribution in [3.8, 4) is 0 Å². The van der Waals surface area contributed by atoms with Gasteiger partial charge in [0.15, 0.2) is 5.82 Å². The SMILES string of the molecule is O=C(C1CCCN(c2ncc(F)cn2)C1)N1CCSCC1. The lowest BCUT2D eigenvalue weighted by Crippen LogP contribution is -2.47. The van der Waals surface area contributed by atoms with Crippen molar-refractivity contribution in [2.45, 2.75) is 12.8 Å². The number of anilines is 1. The third-order valence-corrected chi connectivity index (χ3v) is 4.93. The van der Waals surface area contributed by atoms with Gasteiger partial charge in [-0.15, -0.1) is 0 Å². The first kappa shape index (κ1) is 14.6. The number of carbonyl (C=O) groups excluding carboxylic acids is 1. The van der Waals surface area contributed by atoms with Gasteiger partial charge in [0.1, 0.15) is 0 Å². The first-order valence-electron chi connectivity index (χ1n) is 7.33. The second-order valence-electron chi connectivity index (χ2n) is 5.42. The topological polar surface area (TPSA) is 49.3 Å². The Bertz CT molecular complexity index is 492. The van der Waals surface area contributed by atoms with E-state index in [4.69, 9.17) is 0 Å². The van der Waals surface area contributed by atoms with Gasteiger partial charge in [0, 0.05) is 37.7 Å². The number of nitrogens with zero attached hydrogens (tertiary/aromatic N) is 4. The maximum atomic E-state index is 12.9. The van der Waals surface area contributed by atoms with Crippen molar-refractivity contribution in [1.82, 2.24) is 14.9 Å². The van der Waals surface area contributed by atoms with E-state index in [0.717, 1.165) is 44.0 Å². The standard InChI is InChI=1S/C14H19FN4OS/c15-12-8-16-14(17-9-12)19-3-1-2-11(10-19)13(20)18-4-6-21-7-5-18/h8-9,11H,1-7,10H2. The molecule has 2 fully saturated rings. The summed E-state index contributed by atoms with van der Waals surface area (Å²) in [5.74, 6) is 2.40. The summed E-state index contributed by atoms with van der Waals surface area (Å²) in [6.07, 6.45) is 4.21. The van der Waals surface area contributed by atoms with Crippen LogP contribution in [0.25, 0.3) is 0 Å². The van der Waals surface area contributed by atoms with Crippen molar-refractivity contribution in [3.63, 3.8) is 0 Å². The molecule has 1 aromatic heterocycles. The van der Waals surface area contributed by atoms with Crippen LogP contribution in [0.1, 0.15) is 12.8 Å². The van der Waals surface area contributed by atoms with E-state index in [1.807, 2.05) is 21.6 Å². The Labute approximate surface area is 127 Å². The van der Waals surface area contributed by atoms with E-state index in [1.54, 1.807) is 0 Å². The van der Waals surface area contributed by atoms with Crippen LogP contribution < -0.4 is 4.90 Å².